The van der Waals surface area contributed by atoms with Gasteiger partial charge >= 0.3 is 6.09 Å². The fourth-order valence-electron chi connectivity index (χ4n) is 8.20. The number of hydrogen-bond acceptors (Lipinski definition) is 9. The molecular weight excluding hydrogens is 648 g/mol. The summed E-state index contributed by atoms with van der Waals surface area (Å²) in [6.07, 6.45) is 8.71. The Morgan fingerprint density at radius 2 is 1.75 bits per heavy atom. The van der Waals surface area contributed by atoms with E-state index in [1.54, 1.807) is 24.9 Å². The Bertz CT molecular complexity index is 1570. The summed E-state index contributed by atoms with van der Waals surface area (Å²) in [6, 6.07) is 11.4. The molecule has 278 valence electrons. The van der Waals surface area contributed by atoms with Crippen LogP contribution in [0.3, 0.4) is 0 Å². The Kier molecular flexibility index (Phi) is 13.2. The molecule has 2 aliphatic carbocycles. The zero-order valence-electron chi connectivity index (χ0n) is 30.9. The van der Waals surface area contributed by atoms with Gasteiger partial charge < -0.3 is 38.9 Å². The van der Waals surface area contributed by atoms with Crippen LogP contribution in [0.5, 0.6) is 17.2 Å². The van der Waals surface area contributed by atoms with E-state index in [2.05, 4.69) is 43.8 Å². The van der Waals surface area contributed by atoms with Crippen LogP contribution < -0.4 is 9.47 Å². The summed E-state index contributed by atoms with van der Waals surface area (Å²) < 4.78 is 26.0. The SMILES string of the molecule is C=CCO[C@@]12Oc3ccc(Oc4ccc(C)c(C)c4)cc3[C@H]3[C@H](CCCCO)[C@@H](CCCCO)C=C(C(=NOCC)C[C@@H]1N(C)C(=O)OCC)[C@H]32. The predicted molar refractivity (Wildman–Crippen MR) is 197 cm³/mol. The number of likely N-dealkylation sites (N-methyl/N-ethyl adjacent to an activating group) is 1. The molecule has 0 bridgehead atoms. The molecule has 1 saturated carbocycles. The van der Waals surface area contributed by atoms with Crippen molar-refractivity contribution in [2.75, 3.05) is 40.1 Å². The summed E-state index contributed by atoms with van der Waals surface area (Å²) in [5.41, 5.74) is 5.09. The van der Waals surface area contributed by atoms with E-state index in [9.17, 15) is 15.0 Å². The number of carbonyl (C=O) groups is 1. The molecule has 10 nitrogen and oxygen atoms in total. The second kappa shape index (κ2) is 17.6. The molecule has 0 radical (unpaired) electrons. The minimum absolute atomic E-state index is 0.120. The van der Waals surface area contributed by atoms with E-state index in [-0.39, 0.29) is 50.1 Å². The number of oxime groups is 1. The van der Waals surface area contributed by atoms with Crippen LogP contribution in [0, 0.1) is 31.6 Å². The molecule has 3 aliphatic rings. The van der Waals surface area contributed by atoms with Crippen molar-refractivity contribution in [3.63, 3.8) is 0 Å². The maximum absolute atomic E-state index is 13.5. The molecule has 6 atom stereocenters. The van der Waals surface area contributed by atoms with Gasteiger partial charge in [-0.3, -0.25) is 0 Å². The normalized spacial score (nSPS) is 25.6. The van der Waals surface area contributed by atoms with Gasteiger partial charge in [-0.2, -0.15) is 0 Å². The Hall–Kier alpha value is -3.86. The monoisotopic (exact) mass is 704 g/mol. The van der Waals surface area contributed by atoms with Gasteiger partial charge in [-0.25, -0.2) is 4.79 Å². The van der Waals surface area contributed by atoms with Crippen molar-refractivity contribution in [2.45, 2.75) is 90.4 Å². The minimum atomic E-state index is -1.31. The molecule has 0 saturated heterocycles. The standard InChI is InChI=1S/C41H56N2O8/c1-7-22-48-41-37(43(6)40(46)47-8-2)26-35(42-49-9-3)33-24-29(14-10-12-20-44)32(15-11-13-21-45)38(39(33)41)34-25-31(18-19-36(34)51-41)50-30-17-16-27(4)28(5)23-30/h7,16-19,23-25,29,32,37-39,44-45H,1,8-15,20-22,26H2,2-6H3/t29-,32+,37-,38+,39+,41+/m0/s1. The lowest BCUT2D eigenvalue weighted by Crippen LogP contribution is -2.69. The number of fused-ring (bicyclic) bond motifs is 2. The number of amides is 1. The Labute approximate surface area is 303 Å². The van der Waals surface area contributed by atoms with Crippen LogP contribution in [0.25, 0.3) is 0 Å². The number of ether oxygens (including phenoxy) is 4. The largest absolute Gasteiger partial charge is 0.459 e. The van der Waals surface area contributed by atoms with Crippen LogP contribution in [-0.4, -0.2) is 78.8 Å². The highest BCUT2D eigenvalue weighted by atomic mass is 16.7. The summed E-state index contributed by atoms with van der Waals surface area (Å²) in [4.78, 5) is 20.8. The number of unbranched alkanes of at least 4 members (excludes halogenated alkanes) is 2. The molecule has 1 heterocycles. The first kappa shape index (κ1) is 38.4. The zero-order valence-corrected chi connectivity index (χ0v) is 30.9. The number of aliphatic hydroxyl groups excluding tert-OH is 2. The number of benzene rings is 2. The number of carbonyl (C=O) groups excluding carboxylic acids is 1. The molecule has 0 spiro atoms. The fraction of sp³-hybridized carbons (Fsp3) is 0.561. The van der Waals surface area contributed by atoms with Crippen molar-refractivity contribution in [1.82, 2.24) is 4.90 Å². The van der Waals surface area contributed by atoms with Crippen LogP contribution in [-0.2, 0) is 14.3 Å². The first-order valence-electron chi connectivity index (χ1n) is 18.6. The predicted octanol–water partition coefficient (Wildman–Crippen LogP) is 7.84. The number of rotatable bonds is 17. The van der Waals surface area contributed by atoms with Gasteiger partial charge in [-0.05, 0) is 112 Å². The highest BCUT2D eigenvalue weighted by molar-refractivity contribution is 6.02. The van der Waals surface area contributed by atoms with Crippen molar-refractivity contribution in [3.8, 4) is 17.2 Å². The summed E-state index contributed by atoms with van der Waals surface area (Å²) in [5.74, 6) is 0.551. The molecule has 0 unspecified atom stereocenters. The Balaban J connectivity index is 1.75. The van der Waals surface area contributed by atoms with E-state index in [1.165, 1.54) is 5.56 Å². The maximum atomic E-state index is 13.5. The van der Waals surface area contributed by atoms with Crippen molar-refractivity contribution in [2.24, 2.45) is 22.9 Å². The number of aliphatic hydroxyl groups is 2. The second-order valence-electron chi connectivity index (χ2n) is 13.8. The smallest absolute Gasteiger partial charge is 0.409 e. The third kappa shape index (κ3) is 8.13. The van der Waals surface area contributed by atoms with E-state index in [4.69, 9.17) is 23.8 Å². The average Bonchev–Trinajstić information content (AvgIpc) is 3.12. The van der Waals surface area contributed by atoms with Gasteiger partial charge in [0, 0.05) is 38.2 Å². The van der Waals surface area contributed by atoms with Gasteiger partial charge in [-0.1, -0.05) is 36.2 Å². The van der Waals surface area contributed by atoms with Gasteiger partial charge in [0.25, 0.3) is 0 Å². The zero-order chi connectivity index (χ0) is 36.5. The molecule has 2 aromatic carbocycles. The number of hydrogen-bond donors (Lipinski definition) is 2. The highest BCUT2D eigenvalue weighted by Gasteiger charge is 2.65. The van der Waals surface area contributed by atoms with E-state index < -0.39 is 17.9 Å². The van der Waals surface area contributed by atoms with Gasteiger partial charge in [0.1, 0.15) is 29.9 Å². The van der Waals surface area contributed by atoms with Crippen molar-refractivity contribution in [3.05, 3.63) is 77.4 Å². The van der Waals surface area contributed by atoms with Crippen LogP contribution in [0.1, 0.15) is 81.4 Å². The Morgan fingerprint density at radius 1 is 1.02 bits per heavy atom. The van der Waals surface area contributed by atoms with Gasteiger partial charge in [0.2, 0.25) is 5.79 Å². The summed E-state index contributed by atoms with van der Waals surface area (Å²) in [6.45, 7) is 12.9. The molecule has 0 aromatic heterocycles. The van der Waals surface area contributed by atoms with E-state index >= 15 is 0 Å². The topological polar surface area (TPSA) is 119 Å². The van der Waals surface area contributed by atoms with E-state index in [0.717, 1.165) is 53.8 Å². The highest BCUT2D eigenvalue weighted by Crippen LogP contribution is 2.62. The molecule has 2 N–H and O–H groups in total. The first-order valence-corrected chi connectivity index (χ1v) is 18.6. The number of nitrogens with zero attached hydrogens (tertiary/aromatic N) is 2. The summed E-state index contributed by atoms with van der Waals surface area (Å²) in [7, 11) is 1.72. The molecule has 1 amide bonds. The number of allylic oxidation sites excluding steroid dienone is 1. The van der Waals surface area contributed by atoms with E-state index in [0.29, 0.717) is 37.4 Å². The number of aryl methyl sites for hydroxylation is 2. The summed E-state index contributed by atoms with van der Waals surface area (Å²) in [5, 5.41) is 24.2. The molecular formula is C41H56N2O8. The van der Waals surface area contributed by atoms with Crippen LogP contribution in [0.15, 0.2) is 65.9 Å². The molecule has 5 rings (SSSR count). The van der Waals surface area contributed by atoms with Crippen molar-refractivity contribution < 1.29 is 38.8 Å². The van der Waals surface area contributed by atoms with Crippen molar-refractivity contribution in [1.29, 1.82) is 0 Å². The van der Waals surface area contributed by atoms with Gasteiger partial charge in [-0.15, -0.1) is 6.58 Å². The maximum Gasteiger partial charge on any atom is 0.409 e. The first-order chi connectivity index (χ1) is 24.7. The molecule has 51 heavy (non-hydrogen) atoms. The third-order valence-corrected chi connectivity index (χ3v) is 10.7. The molecule has 10 heteroatoms. The quantitative estimate of drug-likeness (QED) is 0.0972. The second-order valence-corrected chi connectivity index (χ2v) is 13.8. The van der Waals surface area contributed by atoms with Crippen LogP contribution in [0.4, 0.5) is 4.79 Å². The Morgan fingerprint density at radius 3 is 2.43 bits per heavy atom. The van der Waals surface area contributed by atoms with E-state index in [1.807, 2.05) is 31.2 Å². The summed E-state index contributed by atoms with van der Waals surface area (Å²) >= 11 is 0. The van der Waals surface area contributed by atoms with Crippen molar-refractivity contribution >= 4 is 11.8 Å². The fourth-order valence-corrected chi connectivity index (χ4v) is 8.20. The van der Waals surface area contributed by atoms with Crippen LogP contribution >= 0.6 is 0 Å². The lowest BCUT2D eigenvalue weighted by Gasteiger charge is -2.59. The molecule has 1 fully saturated rings. The molecule has 2 aromatic rings. The van der Waals surface area contributed by atoms with Crippen LogP contribution in [0.2, 0.25) is 0 Å². The molecule has 1 aliphatic heterocycles. The third-order valence-electron chi connectivity index (χ3n) is 10.7. The lowest BCUT2D eigenvalue weighted by atomic mass is 9.55. The average molecular weight is 705 g/mol. The lowest BCUT2D eigenvalue weighted by molar-refractivity contribution is -0.253. The van der Waals surface area contributed by atoms with Gasteiger partial charge in [0.05, 0.1) is 24.8 Å². The minimum Gasteiger partial charge on any atom is -0.459 e. The van der Waals surface area contributed by atoms with Gasteiger partial charge in [0.15, 0.2) is 0 Å².